The molecule has 5 aliphatic carbocycles. The first kappa shape index (κ1) is 24.5. The summed E-state index contributed by atoms with van der Waals surface area (Å²) < 4.78 is 11.7. The van der Waals surface area contributed by atoms with E-state index in [2.05, 4.69) is 26.3 Å². The summed E-state index contributed by atoms with van der Waals surface area (Å²) in [6.07, 6.45) is 1.19. The summed E-state index contributed by atoms with van der Waals surface area (Å²) in [4.78, 5) is 39.6. The number of nitrogens with two attached hydrogens (primary N) is 1. The largest absolute Gasteiger partial charge is 0.458 e. The van der Waals surface area contributed by atoms with Crippen molar-refractivity contribution in [3.8, 4) is 0 Å². The summed E-state index contributed by atoms with van der Waals surface area (Å²) in [5.41, 5.74) is 3.00. The number of ketones is 1. The van der Waals surface area contributed by atoms with Gasteiger partial charge in [-0.15, -0.1) is 0 Å². The Morgan fingerprint density at radius 2 is 1.47 bits per heavy atom. The van der Waals surface area contributed by atoms with Gasteiger partial charge in [-0.2, -0.15) is 0 Å². The molecule has 7 fully saturated rings. The fourth-order valence-electron chi connectivity index (χ4n) is 10.3. The molecule has 38 heavy (non-hydrogen) atoms. The summed E-state index contributed by atoms with van der Waals surface area (Å²) in [6.45, 7) is 16.5. The molecule has 7 rings (SSSR count). The highest BCUT2D eigenvalue weighted by atomic mass is 16.6. The molecule has 0 amide bonds. The highest BCUT2D eigenvalue weighted by Gasteiger charge is 2.86. The lowest BCUT2D eigenvalue weighted by Crippen LogP contribution is -2.74. The number of ether oxygens (including phenoxy) is 2. The van der Waals surface area contributed by atoms with E-state index in [4.69, 9.17) is 15.2 Å². The zero-order chi connectivity index (χ0) is 27.2. The Bertz CT molecular complexity index is 1280. The first-order valence-corrected chi connectivity index (χ1v) is 13.8. The Morgan fingerprint density at radius 1 is 0.842 bits per heavy atom. The van der Waals surface area contributed by atoms with Crippen molar-refractivity contribution in [1.82, 2.24) is 0 Å². The number of fused-ring (bicyclic) bond motifs is 10. The summed E-state index contributed by atoms with van der Waals surface area (Å²) >= 11 is 0. The van der Waals surface area contributed by atoms with Gasteiger partial charge in [-0.05, 0) is 50.9 Å². The lowest BCUT2D eigenvalue weighted by molar-refractivity contribution is -0.209. The number of esters is 2. The van der Waals surface area contributed by atoms with Crippen molar-refractivity contribution in [2.75, 3.05) is 0 Å². The zero-order valence-corrected chi connectivity index (χ0v) is 21.5. The summed E-state index contributed by atoms with van der Waals surface area (Å²) in [6, 6.07) is 0. The van der Waals surface area contributed by atoms with Crippen LogP contribution < -0.4 is 5.73 Å². The van der Waals surface area contributed by atoms with Crippen LogP contribution in [0.2, 0.25) is 0 Å². The molecule has 8 heteroatoms. The molecule has 11 atom stereocenters. The predicted octanol–water partition coefficient (Wildman–Crippen LogP) is 2.05. The Hall–Kier alpha value is -2.55. The van der Waals surface area contributed by atoms with E-state index < -0.39 is 64.1 Å². The number of rotatable bonds is 0. The van der Waals surface area contributed by atoms with Gasteiger partial charge in [-0.1, -0.05) is 37.5 Å². The van der Waals surface area contributed by atoms with Crippen molar-refractivity contribution < 1.29 is 34.1 Å². The smallest absolute Gasteiger partial charge is 0.334 e. The number of hydrogen-bond donors (Lipinski definition) is 3. The van der Waals surface area contributed by atoms with Gasteiger partial charge in [0.05, 0.1) is 11.0 Å². The molecule has 5 saturated carbocycles. The molecule has 7 aliphatic rings. The zero-order valence-electron chi connectivity index (χ0n) is 21.5. The van der Waals surface area contributed by atoms with Crippen LogP contribution in [0.4, 0.5) is 0 Å². The lowest BCUT2D eigenvalue weighted by Gasteiger charge is -2.54. The van der Waals surface area contributed by atoms with Crippen molar-refractivity contribution >= 4 is 17.7 Å². The minimum absolute atomic E-state index is 0.0646. The first-order chi connectivity index (χ1) is 17.8. The number of allylic oxidation sites excluding steroid dienone is 1. The second kappa shape index (κ2) is 7.14. The Labute approximate surface area is 221 Å². The van der Waals surface area contributed by atoms with Gasteiger partial charge < -0.3 is 25.4 Å². The van der Waals surface area contributed by atoms with Gasteiger partial charge >= 0.3 is 11.9 Å². The number of Topliss-reactive ketones (excluding diaryl/α,β-unsaturated/α-hetero) is 1. The van der Waals surface area contributed by atoms with Gasteiger partial charge in [0.25, 0.3) is 0 Å². The van der Waals surface area contributed by atoms with Gasteiger partial charge in [-0.25, -0.2) is 9.59 Å². The fraction of sp³-hybridized carbons (Fsp3) is 0.633. The molecule has 0 aromatic heterocycles. The van der Waals surface area contributed by atoms with E-state index in [1.165, 1.54) is 0 Å². The van der Waals surface area contributed by atoms with Gasteiger partial charge in [0.2, 0.25) is 0 Å². The Balaban J connectivity index is 1.42. The molecule has 0 aromatic rings. The molecule has 4 N–H and O–H groups in total. The SMILES string of the molecule is C=C1C(=O)O[C@@H]2[C@@H]3[C@@H](C[C@]4(O)[C@]5(CC[C@]34O)C(=O)C[C@H]3C(=C)CC[C@H]4C(=C)C(=O)O[C@@H]4[C@]35N)C(=C)CC[C@@H]12. The van der Waals surface area contributed by atoms with Crippen LogP contribution >= 0.6 is 0 Å². The van der Waals surface area contributed by atoms with E-state index in [1.54, 1.807) is 0 Å². The fourth-order valence-corrected chi connectivity index (χ4v) is 10.3. The van der Waals surface area contributed by atoms with Crippen LogP contribution in [0, 0.1) is 35.0 Å². The second-order valence-electron chi connectivity index (χ2n) is 13.0. The molecule has 0 bridgehead atoms. The molecule has 2 heterocycles. The summed E-state index contributed by atoms with van der Waals surface area (Å²) in [5.74, 6) is -3.49. The number of hydrogen-bond acceptors (Lipinski definition) is 8. The minimum Gasteiger partial charge on any atom is -0.458 e. The van der Waals surface area contributed by atoms with E-state index in [1.807, 2.05) is 0 Å². The third kappa shape index (κ3) is 2.35. The van der Waals surface area contributed by atoms with Crippen molar-refractivity contribution in [2.24, 2.45) is 40.7 Å². The van der Waals surface area contributed by atoms with Gasteiger partial charge in [-0.3, -0.25) is 4.79 Å². The van der Waals surface area contributed by atoms with Crippen LogP contribution in [0.1, 0.15) is 51.4 Å². The minimum atomic E-state index is -1.94. The topological polar surface area (TPSA) is 136 Å². The molecule has 0 aromatic carbocycles. The van der Waals surface area contributed by atoms with Crippen LogP contribution in [0.5, 0.6) is 0 Å². The molecule has 1 spiro atoms. The van der Waals surface area contributed by atoms with Gasteiger partial charge in [0, 0.05) is 41.2 Å². The maximum atomic E-state index is 14.3. The van der Waals surface area contributed by atoms with Crippen LogP contribution in [0.25, 0.3) is 0 Å². The number of aliphatic hydroxyl groups is 2. The standard InChI is InChI=1S/C30H35NO7/c1-13-5-7-17-15(3)25(33)37-23(17)22-19(13)12-29(36)27(9-10-28(22,29)35)21(32)11-20-14(2)6-8-18-16(4)26(34)38-24(18)30(20,27)31/h17-20,22-24,35-36H,1-12,31H2/t17-,18-,19-,20-,22-,23-,24-,27-,28-,29-,30+/m0/s1. The van der Waals surface area contributed by atoms with E-state index in [0.717, 1.165) is 11.1 Å². The van der Waals surface area contributed by atoms with E-state index in [9.17, 15) is 24.6 Å². The molecule has 8 nitrogen and oxygen atoms in total. The maximum Gasteiger partial charge on any atom is 0.334 e. The number of carbonyl (C=O) groups excluding carboxylic acids is 3. The highest BCUT2D eigenvalue weighted by molar-refractivity contribution is 5.95. The van der Waals surface area contributed by atoms with Gasteiger partial charge in [0.1, 0.15) is 29.2 Å². The van der Waals surface area contributed by atoms with Crippen LogP contribution in [-0.4, -0.2) is 56.9 Å². The molecular formula is C30H35NO7. The third-order valence-corrected chi connectivity index (χ3v) is 12.0. The Kier molecular flexibility index (Phi) is 4.60. The molecule has 202 valence electrons. The van der Waals surface area contributed by atoms with E-state index in [-0.39, 0.29) is 43.3 Å². The molecule has 2 saturated heterocycles. The van der Waals surface area contributed by atoms with Crippen LogP contribution in [0.3, 0.4) is 0 Å². The van der Waals surface area contributed by atoms with E-state index >= 15 is 0 Å². The van der Waals surface area contributed by atoms with Crippen molar-refractivity contribution in [1.29, 1.82) is 0 Å². The third-order valence-electron chi connectivity index (χ3n) is 12.0. The Morgan fingerprint density at radius 3 is 2.21 bits per heavy atom. The van der Waals surface area contributed by atoms with Crippen molar-refractivity contribution in [3.63, 3.8) is 0 Å². The summed E-state index contributed by atoms with van der Waals surface area (Å²) in [7, 11) is 0. The second-order valence-corrected chi connectivity index (χ2v) is 13.0. The van der Waals surface area contributed by atoms with Crippen LogP contribution in [0.15, 0.2) is 48.6 Å². The van der Waals surface area contributed by atoms with Gasteiger partial charge in [0.15, 0.2) is 0 Å². The molecule has 0 unspecified atom stereocenters. The average molecular weight is 522 g/mol. The monoisotopic (exact) mass is 521 g/mol. The number of carbonyl (C=O) groups is 3. The van der Waals surface area contributed by atoms with Crippen molar-refractivity contribution in [3.05, 3.63) is 48.6 Å². The van der Waals surface area contributed by atoms with Crippen LogP contribution in [-0.2, 0) is 23.9 Å². The van der Waals surface area contributed by atoms with Crippen molar-refractivity contribution in [2.45, 2.75) is 80.3 Å². The highest BCUT2D eigenvalue weighted by Crippen LogP contribution is 2.75. The first-order valence-electron chi connectivity index (χ1n) is 13.8. The normalized spacial score (nSPS) is 53.2. The molecule has 0 radical (unpaired) electrons. The maximum absolute atomic E-state index is 14.3. The summed E-state index contributed by atoms with van der Waals surface area (Å²) in [5, 5.41) is 25.5. The van der Waals surface area contributed by atoms with E-state index in [0.29, 0.717) is 36.8 Å². The quantitative estimate of drug-likeness (QED) is 0.250. The predicted molar refractivity (Wildman–Crippen MR) is 135 cm³/mol. The molecule has 2 aliphatic heterocycles. The average Bonchev–Trinajstić information content (AvgIpc) is 3.49. The molecular weight excluding hydrogens is 486 g/mol. The lowest BCUT2D eigenvalue weighted by atomic mass is 9.55.